The van der Waals surface area contributed by atoms with Gasteiger partial charge in [-0.2, -0.15) is 13.2 Å². The fourth-order valence-electron chi connectivity index (χ4n) is 2.54. The predicted molar refractivity (Wildman–Crippen MR) is 116 cm³/mol. The summed E-state index contributed by atoms with van der Waals surface area (Å²) >= 11 is 0. The van der Waals surface area contributed by atoms with E-state index < -0.39 is 11.7 Å². The molecule has 3 N–H and O–H groups in total. The zero-order chi connectivity index (χ0) is 23.4. The number of nitrogens with zero attached hydrogens (tertiary/aromatic N) is 3. The van der Waals surface area contributed by atoms with E-state index in [1.807, 2.05) is 44.2 Å². The standard InChI is InChI=1S/C16H15F3N4.C4H9NO.C2H6/c1-20-13(9-11-5-3-2-4-6-11)15-22-21-14-8-7-12(10-23(14)15)16(17,18)19;1-4(2-5)3-6;1-2/h2-8,10,13,20H,9H2,1H3;3-4H,2,5H2,1H3;1-2H3/t13-;;/m1../s1. The third kappa shape index (κ3) is 7.76. The first kappa shape index (κ1) is 26.3. The van der Waals surface area contributed by atoms with Crippen molar-refractivity contribution in [3.05, 3.63) is 65.6 Å². The van der Waals surface area contributed by atoms with Gasteiger partial charge < -0.3 is 15.8 Å². The molecule has 0 saturated carbocycles. The van der Waals surface area contributed by atoms with Crippen LogP contribution in [0.2, 0.25) is 0 Å². The van der Waals surface area contributed by atoms with Gasteiger partial charge in [0, 0.05) is 18.7 Å². The summed E-state index contributed by atoms with van der Waals surface area (Å²) in [5.74, 6) is 0.488. The molecule has 3 rings (SSSR count). The van der Waals surface area contributed by atoms with E-state index >= 15 is 0 Å². The number of alkyl halides is 3. The lowest BCUT2D eigenvalue weighted by Crippen LogP contribution is -2.21. The molecule has 1 aromatic carbocycles. The van der Waals surface area contributed by atoms with Gasteiger partial charge in [0.2, 0.25) is 0 Å². The summed E-state index contributed by atoms with van der Waals surface area (Å²) in [5, 5.41) is 11.1. The lowest BCUT2D eigenvalue weighted by atomic mass is 10.1. The number of aldehydes is 1. The van der Waals surface area contributed by atoms with Crippen molar-refractivity contribution in [2.75, 3.05) is 13.6 Å². The summed E-state index contributed by atoms with van der Waals surface area (Å²) in [6.07, 6.45) is -1.90. The van der Waals surface area contributed by atoms with Gasteiger partial charge in [-0.25, -0.2) is 0 Å². The molecule has 0 fully saturated rings. The Morgan fingerprint density at radius 1 is 1.13 bits per heavy atom. The molecule has 0 amide bonds. The minimum absolute atomic E-state index is 0.0324. The Hall–Kier alpha value is -2.78. The van der Waals surface area contributed by atoms with Crippen LogP contribution >= 0.6 is 0 Å². The Morgan fingerprint density at radius 3 is 2.26 bits per heavy atom. The van der Waals surface area contributed by atoms with Crippen molar-refractivity contribution in [2.24, 2.45) is 11.7 Å². The number of hydrogen-bond donors (Lipinski definition) is 2. The second kappa shape index (κ2) is 12.8. The van der Waals surface area contributed by atoms with Gasteiger partial charge in [0.15, 0.2) is 11.5 Å². The van der Waals surface area contributed by atoms with Gasteiger partial charge in [-0.15, -0.1) is 10.2 Å². The molecule has 0 saturated heterocycles. The van der Waals surface area contributed by atoms with Gasteiger partial charge in [-0.3, -0.25) is 4.40 Å². The number of pyridine rings is 1. The summed E-state index contributed by atoms with van der Waals surface area (Å²) in [5.41, 5.74) is 5.79. The maximum atomic E-state index is 12.9. The third-order valence-corrected chi connectivity index (χ3v) is 4.30. The van der Waals surface area contributed by atoms with E-state index in [0.717, 1.165) is 24.1 Å². The van der Waals surface area contributed by atoms with Crippen LogP contribution < -0.4 is 11.1 Å². The summed E-state index contributed by atoms with van der Waals surface area (Å²) < 4.78 is 40.1. The average molecular weight is 438 g/mol. The molecule has 0 aliphatic rings. The molecule has 6 nitrogen and oxygen atoms in total. The summed E-state index contributed by atoms with van der Waals surface area (Å²) in [4.78, 5) is 9.66. The van der Waals surface area contributed by atoms with E-state index in [1.54, 1.807) is 14.0 Å². The summed E-state index contributed by atoms with van der Waals surface area (Å²) in [7, 11) is 1.75. The first-order chi connectivity index (χ1) is 14.8. The van der Waals surface area contributed by atoms with Crippen molar-refractivity contribution in [3.63, 3.8) is 0 Å². The SMILES string of the molecule is CC.CC(C=O)CN.CN[C@H](Cc1ccccc1)c1nnc2ccc(C(F)(F)F)cn12. The highest BCUT2D eigenvalue weighted by Crippen LogP contribution is 2.30. The Kier molecular flexibility index (Phi) is 10.8. The molecule has 31 heavy (non-hydrogen) atoms. The van der Waals surface area contributed by atoms with Crippen LogP contribution in [0.1, 0.15) is 43.8 Å². The van der Waals surface area contributed by atoms with Gasteiger partial charge >= 0.3 is 6.18 Å². The number of nitrogens with one attached hydrogen (secondary N) is 1. The molecular formula is C22H30F3N5O. The normalized spacial score (nSPS) is 12.8. The number of benzene rings is 1. The van der Waals surface area contributed by atoms with Gasteiger partial charge in [0.05, 0.1) is 11.6 Å². The smallest absolute Gasteiger partial charge is 0.330 e. The quantitative estimate of drug-likeness (QED) is 0.568. The number of carbonyl (C=O) groups is 1. The Morgan fingerprint density at radius 2 is 1.77 bits per heavy atom. The first-order valence-electron chi connectivity index (χ1n) is 10.1. The van der Waals surface area contributed by atoms with Crippen molar-refractivity contribution in [1.29, 1.82) is 0 Å². The average Bonchev–Trinajstić information content (AvgIpc) is 3.22. The third-order valence-electron chi connectivity index (χ3n) is 4.30. The number of hydrogen-bond acceptors (Lipinski definition) is 5. The maximum absolute atomic E-state index is 12.9. The number of rotatable bonds is 6. The van der Waals surface area contributed by atoms with E-state index in [2.05, 4.69) is 15.5 Å². The number of aromatic nitrogens is 3. The number of carbonyl (C=O) groups excluding carboxylic acids is 1. The zero-order valence-electron chi connectivity index (χ0n) is 18.2. The van der Waals surface area contributed by atoms with E-state index in [4.69, 9.17) is 5.73 Å². The molecule has 2 atom stereocenters. The first-order valence-corrected chi connectivity index (χ1v) is 10.1. The molecule has 0 bridgehead atoms. The van der Waals surface area contributed by atoms with Crippen LogP contribution in [0.5, 0.6) is 0 Å². The Bertz CT molecular complexity index is 912. The van der Waals surface area contributed by atoms with Crippen molar-refractivity contribution in [2.45, 2.75) is 39.4 Å². The second-order valence-electron chi connectivity index (χ2n) is 6.58. The van der Waals surface area contributed by atoms with Crippen LogP contribution in [0.3, 0.4) is 0 Å². The monoisotopic (exact) mass is 437 g/mol. The fraction of sp³-hybridized carbons (Fsp3) is 0.409. The van der Waals surface area contributed by atoms with Gasteiger partial charge in [0.25, 0.3) is 0 Å². The predicted octanol–water partition coefficient (Wildman–Crippen LogP) is 4.06. The highest BCUT2D eigenvalue weighted by Gasteiger charge is 2.31. The van der Waals surface area contributed by atoms with E-state index in [1.165, 1.54) is 10.5 Å². The minimum Gasteiger partial charge on any atom is -0.330 e. The Labute approximate surface area is 180 Å². The largest absolute Gasteiger partial charge is 0.417 e. The van der Waals surface area contributed by atoms with Crippen LogP contribution in [-0.4, -0.2) is 34.5 Å². The van der Waals surface area contributed by atoms with Crippen LogP contribution in [0.15, 0.2) is 48.7 Å². The zero-order valence-corrected chi connectivity index (χ0v) is 18.2. The number of likely N-dealkylation sites (N-methyl/N-ethyl adjacent to an activating group) is 1. The molecule has 0 radical (unpaired) electrons. The van der Waals surface area contributed by atoms with Crippen molar-refractivity contribution in [3.8, 4) is 0 Å². The lowest BCUT2D eigenvalue weighted by molar-refractivity contribution is -0.137. The second-order valence-corrected chi connectivity index (χ2v) is 6.58. The van der Waals surface area contributed by atoms with E-state index in [0.29, 0.717) is 24.4 Å². The number of halogens is 3. The van der Waals surface area contributed by atoms with Gasteiger partial charge in [-0.05, 0) is 31.2 Å². The van der Waals surface area contributed by atoms with E-state index in [9.17, 15) is 18.0 Å². The summed E-state index contributed by atoms with van der Waals surface area (Å²) in [6, 6.07) is 11.8. The molecule has 1 unspecified atom stereocenters. The van der Waals surface area contributed by atoms with Crippen LogP contribution in [0.4, 0.5) is 13.2 Å². The van der Waals surface area contributed by atoms with Crippen molar-refractivity contribution in [1.82, 2.24) is 19.9 Å². The molecule has 0 spiro atoms. The van der Waals surface area contributed by atoms with Crippen LogP contribution in [-0.2, 0) is 17.4 Å². The van der Waals surface area contributed by atoms with Crippen molar-refractivity contribution < 1.29 is 18.0 Å². The highest BCUT2D eigenvalue weighted by atomic mass is 19.4. The van der Waals surface area contributed by atoms with Crippen LogP contribution in [0.25, 0.3) is 5.65 Å². The molecule has 0 aliphatic carbocycles. The Balaban J connectivity index is 0.000000521. The topological polar surface area (TPSA) is 85.3 Å². The van der Waals surface area contributed by atoms with Crippen molar-refractivity contribution >= 4 is 11.9 Å². The molecule has 2 aromatic heterocycles. The lowest BCUT2D eigenvalue weighted by Gasteiger charge is -2.15. The summed E-state index contributed by atoms with van der Waals surface area (Å²) in [6.45, 7) is 6.25. The van der Waals surface area contributed by atoms with Gasteiger partial charge in [0.1, 0.15) is 6.29 Å². The van der Waals surface area contributed by atoms with Crippen LogP contribution in [0, 0.1) is 5.92 Å². The number of fused-ring (bicyclic) bond motifs is 1. The molecule has 9 heteroatoms. The molecule has 3 aromatic rings. The van der Waals surface area contributed by atoms with Gasteiger partial charge in [-0.1, -0.05) is 51.1 Å². The molecule has 0 aliphatic heterocycles. The minimum atomic E-state index is -4.40. The molecule has 2 heterocycles. The molecule has 170 valence electrons. The highest BCUT2D eigenvalue weighted by molar-refractivity contribution is 5.52. The van der Waals surface area contributed by atoms with E-state index in [-0.39, 0.29) is 12.0 Å². The molecular weight excluding hydrogens is 407 g/mol. The fourth-order valence-corrected chi connectivity index (χ4v) is 2.54. The number of nitrogens with two attached hydrogens (primary N) is 1. The maximum Gasteiger partial charge on any atom is 0.417 e.